The van der Waals surface area contributed by atoms with Gasteiger partial charge in [-0.25, -0.2) is 0 Å². The zero-order valence-corrected chi connectivity index (χ0v) is 18.0. The molecule has 0 heterocycles. The van der Waals surface area contributed by atoms with Crippen LogP contribution in [0.2, 0.25) is 0 Å². The highest BCUT2D eigenvalue weighted by Gasteiger charge is 2.45. The first-order valence-electron chi connectivity index (χ1n) is 10.9. The minimum absolute atomic E-state index is 0.184. The third-order valence-electron chi connectivity index (χ3n) is 5.45. The van der Waals surface area contributed by atoms with E-state index in [0.29, 0.717) is 5.56 Å². The quantitative estimate of drug-likeness (QED) is 0.216. The standard InChI is InChI=1S/C24H34O3S/c1-2-3-4-5-6-7-8-9-10-14-17-28-21-18-20(25)22(24(21)27)23(26)19-15-12-11-13-16-19/h11-13,15-16,21-22H,2-10,14,17-18H2,1H3. The van der Waals surface area contributed by atoms with E-state index in [2.05, 4.69) is 6.92 Å². The molecule has 2 atom stereocenters. The zero-order chi connectivity index (χ0) is 20.2. The second-order valence-electron chi connectivity index (χ2n) is 7.78. The van der Waals surface area contributed by atoms with Crippen molar-refractivity contribution in [1.29, 1.82) is 0 Å². The maximum atomic E-state index is 12.6. The zero-order valence-electron chi connectivity index (χ0n) is 17.2. The average molecular weight is 403 g/mol. The molecule has 2 rings (SSSR count). The van der Waals surface area contributed by atoms with Crippen molar-refractivity contribution in [2.45, 2.75) is 82.8 Å². The molecule has 1 saturated carbocycles. The van der Waals surface area contributed by atoms with Gasteiger partial charge in [0.05, 0.1) is 5.25 Å². The fraction of sp³-hybridized carbons (Fsp3) is 0.625. The molecular weight excluding hydrogens is 368 g/mol. The predicted molar refractivity (Wildman–Crippen MR) is 117 cm³/mol. The summed E-state index contributed by atoms with van der Waals surface area (Å²) in [4.78, 5) is 37.4. The van der Waals surface area contributed by atoms with E-state index < -0.39 is 5.92 Å². The first kappa shape index (κ1) is 22.9. The van der Waals surface area contributed by atoms with Gasteiger partial charge < -0.3 is 0 Å². The Kier molecular flexibility index (Phi) is 10.6. The first-order valence-corrected chi connectivity index (χ1v) is 12.0. The Labute approximate surface area is 174 Å². The first-order chi connectivity index (χ1) is 13.6. The summed E-state index contributed by atoms with van der Waals surface area (Å²) in [5.41, 5.74) is 0.453. The average Bonchev–Trinajstić information content (AvgIpc) is 2.99. The minimum Gasteiger partial charge on any atom is -0.298 e. The smallest absolute Gasteiger partial charge is 0.180 e. The van der Waals surface area contributed by atoms with Crippen molar-refractivity contribution < 1.29 is 14.4 Å². The van der Waals surface area contributed by atoms with Crippen LogP contribution in [0.1, 0.15) is 87.9 Å². The van der Waals surface area contributed by atoms with Gasteiger partial charge in [0.25, 0.3) is 0 Å². The lowest BCUT2D eigenvalue weighted by Crippen LogP contribution is -2.27. The van der Waals surface area contributed by atoms with Crippen LogP contribution in [0.4, 0.5) is 0 Å². The number of thioether (sulfide) groups is 1. The van der Waals surface area contributed by atoms with Gasteiger partial charge in [-0.3, -0.25) is 14.4 Å². The Morgan fingerprint density at radius 2 is 1.46 bits per heavy atom. The summed E-state index contributed by atoms with van der Waals surface area (Å²) in [5, 5.41) is -0.330. The Hall–Kier alpha value is -1.42. The molecule has 1 aromatic rings. The fourth-order valence-corrected chi connectivity index (χ4v) is 4.98. The van der Waals surface area contributed by atoms with Crippen molar-refractivity contribution in [2.75, 3.05) is 5.75 Å². The molecule has 28 heavy (non-hydrogen) atoms. The summed E-state index contributed by atoms with van der Waals surface area (Å²) < 4.78 is 0. The lowest BCUT2D eigenvalue weighted by Gasteiger charge is -2.09. The third kappa shape index (κ3) is 7.20. The largest absolute Gasteiger partial charge is 0.298 e. The molecule has 0 aliphatic heterocycles. The molecule has 1 fully saturated rings. The van der Waals surface area contributed by atoms with Crippen LogP contribution < -0.4 is 0 Å². The molecule has 0 N–H and O–H groups in total. The third-order valence-corrected chi connectivity index (χ3v) is 6.77. The number of hydrogen-bond donors (Lipinski definition) is 0. The summed E-state index contributed by atoms with van der Waals surface area (Å²) >= 11 is 1.57. The van der Waals surface area contributed by atoms with Crippen LogP contribution in [0.25, 0.3) is 0 Å². The highest BCUT2D eigenvalue weighted by atomic mass is 32.2. The molecule has 0 saturated heterocycles. The molecule has 3 nitrogen and oxygen atoms in total. The van der Waals surface area contributed by atoms with Crippen LogP contribution in [-0.2, 0) is 9.59 Å². The van der Waals surface area contributed by atoms with Crippen LogP contribution in [-0.4, -0.2) is 28.4 Å². The summed E-state index contributed by atoms with van der Waals surface area (Å²) in [6.07, 6.45) is 13.1. The Bertz CT molecular complexity index is 626. The number of unbranched alkanes of at least 4 members (excludes halogenated alkanes) is 9. The number of Topliss-reactive ketones (excluding diaryl/α,β-unsaturated/α-hetero) is 3. The number of benzene rings is 1. The number of hydrogen-bond acceptors (Lipinski definition) is 4. The van der Waals surface area contributed by atoms with E-state index >= 15 is 0 Å². The molecule has 0 radical (unpaired) electrons. The van der Waals surface area contributed by atoms with Crippen LogP contribution in [0.5, 0.6) is 0 Å². The van der Waals surface area contributed by atoms with Crippen molar-refractivity contribution in [3.8, 4) is 0 Å². The molecule has 2 unspecified atom stereocenters. The second-order valence-corrected chi connectivity index (χ2v) is 9.09. The van der Waals surface area contributed by atoms with Gasteiger partial charge in [-0.15, -0.1) is 0 Å². The van der Waals surface area contributed by atoms with E-state index in [1.807, 2.05) is 6.07 Å². The molecule has 1 aliphatic rings. The van der Waals surface area contributed by atoms with Crippen molar-refractivity contribution >= 4 is 29.1 Å². The van der Waals surface area contributed by atoms with E-state index in [-0.39, 0.29) is 29.0 Å². The van der Waals surface area contributed by atoms with Gasteiger partial charge >= 0.3 is 0 Å². The fourth-order valence-electron chi connectivity index (χ4n) is 3.75. The Morgan fingerprint density at radius 1 is 0.893 bits per heavy atom. The lowest BCUT2D eigenvalue weighted by atomic mass is 9.95. The van der Waals surface area contributed by atoms with Crippen LogP contribution in [0, 0.1) is 5.92 Å². The summed E-state index contributed by atoms with van der Waals surface area (Å²) in [7, 11) is 0. The number of carbonyl (C=O) groups is 3. The molecular formula is C24H34O3S. The van der Waals surface area contributed by atoms with Gasteiger partial charge in [0.1, 0.15) is 5.92 Å². The maximum absolute atomic E-state index is 12.6. The predicted octanol–water partition coefficient (Wildman–Crippen LogP) is 6.05. The lowest BCUT2D eigenvalue weighted by molar-refractivity contribution is -0.125. The maximum Gasteiger partial charge on any atom is 0.180 e. The number of rotatable bonds is 14. The van der Waals surface area contributed by atoms with E-state index in [1.165, 1.54) is 57.8 Å². The van der Waals surface area contributed by atoms with E-state index in [4.69, 9.17) is 0 Å². The highest BCUT2D eigenvalue weighted by Crippen LogP contribution is 2.31. The highest BCUT2D eigenvalue weighted by molar-refractivity contribution is 8.00. The van der Waals surface area contributed by atoms with Crippen LogP contribution in [0.3, 0.4) is 0 Å². The van der Waals surface area contributed by atoms with Gasteiger partial charge in [0.2, 0.25) is 0 Å². The molecule has 0 amide bonds. The van der Waals surface area contributed by atoms with E-state index in [9.17, 15) is 14.4 Å². The van der Waals surface area contributed by atoms with E-state index in [0.717, 1.165) is 12.2 Å². The number of carbonyl (C=O) groups excluding carboxylic acids is 3. The van der Waals surface area contributed by atoms with Gasteiger partial charge in [-0.2, -0.15) is 11.8 Å². The molecule has 0 aromatic heterocycles. The molecule has 0 bridgehead atoms. The summed E-state index contributed by atoms with van der Waals surface area (Å²) in [5.74, 6) is -0.910. The van der Waals surface area contributed by atoms with Crippen molar-refractivity contribution in [3.05, 3.63) is 35.9 Å². The minimum atomic E-state index is -1.08. The monoisotopic (exact) mass is 402 g/mol. The molecule has 154 valence electrons. The molecule has 1 aromatic carbocycles. The van der Waals surface area contributed by atoms with Gasteiger partial charge in [0.15, 0.2) is 17.3 Å². The second kappa shape index (κ2) is 12.9. The number of ketones is 3. The van der Waals surface area contributed by atoms with Crippen molar-refractivity contribution in [2.24, 2.45) is 5.92 Å². The summed E-state index contributed by atoms with van der Waals surface area (Å²) in [6, 6.07) is 8.68. The van der Waals surface area contributed by atoms with Crippen LogP contribution in [0.15, 0.2) is 30.3 Å². The molecule has 0 spiro atoms. The van der Waals surface area contributed by atoms with Crippen molar-refractivity contribution in [3.63, 3.8) is 0 Å². The van der Waals surface area contributed by atoms with Gasteiger partial charge in [0, 0.05) is 12.0 Å². The SMILES string of the molecule is CCCCCCCCCCCCSC1CC(=O)C(C(=O)c2ccccc2)C1=O. The Morgan fingerprint density at radius 3 is 2.07 bits per heavy atom. The molecule has 4 heteroatoms. The normalized spacial score (nSPS) is 19.3. The van der Waals surface area contributed by atoms with E-state index in [1.54, 1.807) is 36.0 Å². The van der Waals surface area contributed by atoms with Gasteiger partial charge in [-0.1, -0.05) is 95.0 Å². The Balaban J connectivity index is 1.60. The summed E-state index contributed by atoms with van der Waals surface area (Å²) in [6.45, 7) is 2.24. The van der Waals surface area contributed by atoms with Crippen molar-refractivity contribution in [1.82, 2.24) is 0 Å². The van der Waals surface area contributed by atoms with Gasteiger partial charge in [-0.05, 0) is 12.2 Å². The molecule has 1 aliphatic carbocycles. The topological polar surface area (TPSA) is 51.2 Å². The van der Waals surface area contributed by atoms with Crippen LogP contribution >= 0.6 is 11.8 Å².